The summed E-state index contributed by atoms with van der Waals surface area (Å²) in [6, 6.07) is 8.11. The molecule has 0 spiro atoms. The second-order valence-electron chi connectivity index (χ2n) is 5.00. The van der Waals surface area contributed by atoms with Crippen molar-refractivity contribution in [3.05, 3.63) is 47.8 Å². The summed E-state index contributed by atoms with van der Waals surface area (Å²) >= 11 is 0. The average molecular weight is 336 g/mol. The fourth-order valence-corrected chi connectivity index (χ4v) is 3.38. The Morgan fingerprint density at radius 3 is 2.70 bits per heavy atom. The van der Waals surface area contributed by atoms with Crippen LogP contribution in [-0.4, -0.2) is 21.4 Å². The van der Waals surface area contributed by atoms with E-state index in [0.717, 1.165) is 6.07 Å². The lowest BCUT2D eigenvalue weighted by Gasteiger charge is -2.10. The molecule has 1 aliphatic heterocycles. The number of hydrogen-bond acceptors (Lipinski definition) is 4. The van der Waals surface area contributed by atoms with Gasteiger partial charge in [-0.3, -0.25) is 9.52 Å². The predicted octanol–water partition coefficient (Wildman–Crippen LogP) is 2.13. The molecule has 0 bridgehead atoms. The highest BCUT2D eigenvalue weighted by Gasteiger charge is 2.20. The molecule has 0 aromatic heterocycles. The van der Waals surface area contributed by atoms with Crippen molar-refractivity contribution in [2.45, 2.75) is 11.3 Å². The lowest BCUT2D eigenvalue weighted by atomic mass is 10.1. The number of amides is 1. The molecule has 0 saturated carbocycles. The van der Waals surface area contributed by atoms with Gasteiger partial charge < -0.3 is 10.1 Å². The van der Waals surface area contributed by atoms with Crippen LogP contribution in [0.4, 0.5) is 15.8 Å². The van der Waals surface area contributed by atoms with Gasteiger partial charge in [-0.25, -0.2) is 12.8 Å². The zero-order valence-corrected chi connectivity index (χ0v) is 12.9. The number of rotatable bonds is 4. The highest BCUT2D eigenvalue weighted by Crippen LogP contribution is 2.28. The number of anilines is 2. The second-order valence-corrected chi connectivity index (χ2v) is 6.68. The molecule has 0 aliphatic carbocycles. The summed E-state index contributed by atoms with van der Waals surface area (Å²) in [6.07, 6.45) is 0.196. The minimum atomic E-state index is -3.94. The van der Waals surface area contributed by atoms with Gasteiger partial charge in [0.2, 0.25) is 5.91 Å². The molecule has 1 aliphatic rings. The molecule has 0 radical (unpaired) electrons. The van der Waals surface area contributed by atoms with E-state index in [1.807, 2.05) is 0 Å². The molecule has 0 atom stereocenters. The molecule has 1 amide bonds. The maximum Gasteiger partial charge on any atom is 0.262 e. The van der Waals surface area contributed by atoms with Crippen molar-refractivity contribution in [3.63, 3.8) is 0 Å². The second kappa shape index (κ2) is 5.54. The van der Waals surface area contributed by atoms with Crippen LogP contribution in [0.25, 0.3) is 0 Å². The first-order valence-electron chi connectivity index (χ1n) is 6.68. The van der Waals surface area contributed by atoms with Gasteiger partial charge in [-0.15, -0.1) is 0 Å². The lowest BCUT2D eigenvalue weighted by Crippen LogP contribution is -2.13. The maximum atomic E-state index is 13.7. The van der Waals surface area contributed by atoms with Gasteiger partial charge in [0.1, 0.15) is 0 Å². The van der Waals surface area contributed by atoms with E-state index in [2.05, 4.69) is 10.0 Å². The van der Waals surface area contributed by atoms with Crippen LogP contribution in [-0.2, 0) is 21.2 Å². The van der Waals surface area contributed by atoms with Crippen LogP contribution in [0.1, 0.15) is 5.56 Å². The van der Waals surface area contributed by atoms with E-state index in [1.165, 1.54) is 25.3 Å². The number of carbonyl (C=O) groups is 1. The number of hydrogen-bond donors (Lipinski definition) is 2. The molecule has 120 valence electrons. The summed E-state index contributed by atoms with van der Waals surface area (Å²) in [5.74, 6) is -0.942. The third kappa shape index (κ3) is 2.98. The van der Waals surface area contributed by atoms with Crippen molar-refractivity contribution in [2.24, 2.45) is 0 Å². The predicted molar refractivity (Wildman–Crippen MR) is 82.5 cm³/mol. The Morgan fingerprint density at radius 2 is 2.00 bits per heavy atom. The number of benzene rings is 2. The molecular weight excluding hydrogens is 323 g/mol. The Bertz CT molecular complexity index is 896. The number of ether oxygens (including phenoxy) is 1. The van der Waals surface area contributed by atoms with Crippen molar-refractivity contribution >= 4 is 27.3 Å². The van der Waals surface area contributed by atoms with Crippen LogP contribution in [0.5, 0.6) is 5.75 Å². The van der Waals surface area contributed by atoms with Gasteiger partial charge in [-0.1, -0.05) is 0 Å². The van der Waals surface area contributed by atoms with E-state index < -0.39 is 15.8 Å². The highest BCUT2D eigenvalue weighted by atomic mass is 32.2. The molecule has 0 unspecified atom stereocenters. The van der Waals surface area contributed by atoms with Crippen LogP contribution < -0.4 is 14.8 Å². The number of nitrogens with one attached hydrogen (secondary N) is 2. The first-order valence-corrected chi connectivity index (χ1v) is 8.16. The third-order valence-corrected chi connectivity index (χ3v) is 4.80. The SMILES string of the molecule is COc1ccc(S(=O)(=O)Nc2ccc3c(c2)CC(=O)N3)cc1F. The lowest BCUT2D eigenvalue weighted by molar-refractivity contribution is -0.115. The van der Waals surface area contributed by atoms with E-state index in [9.17, 15) is 17.6 Å². The molecule has 3 rings (SSSR count). The standard InChI is InChI=1S/C15H13FN2O4S/c1-22-14-5-3-11(8-12(14)16)23(20,21)18-10-2-4-13-9(6-10)7-15(19)17-13/h2-6,8,18H,7H2,1H3,(H,17,19). The monoisotopic (exact) mass is 336 g/mol. The van der Waals surface area contributed by atoms with Crippen molar-refractivity contribution in [1.82, 2.24) is 0 Å². The van der Waals surface area contributed by atoms with Crippen LogP contribution in [0.2, 0.25) is 0 Å². The van der Waals surface area contributed by atoms with Gasteiger partial charge >= 0.3 is 0 Å². The fourth-order valence-electron chi connectivity index (χ4n) is 2.32. The Morgan fingerprint density at radius 1 is 1.22 bits per heavy atom. The first-order chi connectivity index (χ1) is 10.9. The van der Waals surface area contributed by atoms with E-state index in [0.29, 0.717) is 16.9 Å². The van der Waals surface area contributed by atoms with Gasteiger partial charge in [0.25, 0.3) is 10.0 Å². The minimum Gasteiger partial charge on any atom is -0.494 e. The van der Waals surface area contributed by atoms with Gasteiger partial charge in [-0.05, 0) is 42.0 Å². The highest BCUT2D eigenvalue weighted by molar-refractivity contribution is 7.92. The minimum absolute atomic E-state index is 0.0360. The van der Waals surface area contributed by atoms with Crippen molar-refractivity contribution in [1.29, 1.82) is 0 Å². The van der Waals surface area contributed by atoms with E-state index in [-0.39, 0.29) is 23.0 Å². The zero-order valence-electron chi connectivity index (χ0n) is 12.1. The summed E-state index contributed by atoms with van der Waals surface area (Å²) in [5, 5.41) is 2.66. The van der Waals surface area contributed by atoms with Crippen LogP contribution in [0.3, 0.4) is 0 Å². The van der Waals surface area contributed by atoms with Crippen LogP contribution >= 0.6 is 0 Å². The molecule has 0 saturated heterocycles. The molecule has 2 aromatic carbocycles. The average Bonchev–Trinajstić information content (AvgIpc) is 2.86. The van der Waals surface area contributed by atoms with E-state index >= 15 is 0 Å². The Balaban J connectivity index is 1.88. The molecule has 2 N–H and O–H groups in total. The number of halogens is 1. The van der Waals surface area contributed by atoms with E-state index in [1.54, 1.807) is 12.1 Å². The van der Waals surface area contributed by atoms with Crippen LogP contribution in [0, 0.1) is 5.82 Å². The third-order valence-electron chi connectivity index (χ3n) is 3.42. The summed E-state index contributed by atoms with van der Waals surface area (Å²) in [6.45, 7) is 0. The largest absolute Gasteiger partial charge is 0.494 e. The molecule has 8 heteroatoms. The quantitative estimate of drug-likeness (QED) is 0.896. The van der Waals surface area contributed by atoms with Crippen molar-refractivity contribution in [3.8, 4) is 5.75 Å². The first kappa shape index (κ1) is 15.3. The topological polar surface area (TPSA) is 84.5 Å². The molecule has 6 nitrogen and oxygen atoms in total. The van der Waals surface area contributed by atoms with Crippen molar-refractivity contribution in [2.75, 3.05) is 17.1 Å². The van der Waals surface area contributed by atoms with Crippen molar-refractivity contribution < 1.29 is 22.3 Å². The number of sulfonamides is 1. The summed E-state index contributed by atoms with van der Waals surface area (Å²) in [4.78, 5) is 11.1. The molecular formula is C15H13FN2O4S. The van der Waals surface area contributed by atoms with Gasteiger partial charge in [0.15, 0.2) is 11.6 Å². The fraction of sp³-hybridized carbons (Fsp3) is 0.133. The van der Waals surface area contributed by atoms with Crippen LogP contribution in [0.15, 0.2) is 41.3 Å². The Hall–Kier alpha value is -2.61. The normalized spacial score (nSPS) is 13.4. The number of methoxy groups -OCH3 is 1. The molecule has 0 fully saturated rings. The maximum absolute atomic E-state index is 13.7. The molecule has 23 heavy (non-hydrogen) atoms. The number of carbonyl (C=O) groups excluding carboxylic acids is 1. The molecule has 1 heterocycles. The summed E-state index contributed by atoms with van der Waals surface area (Å²) in [5.41, 5.74) is 1.67. The summed E-state index contributed by atoms with van der Waals surface area (Å²) < 4.78 is 45.4. The zero-order chi connectivity index (χ0) is 16.6. The van der Waals surface area contributed by atoms with E-state index in [4.69, 9.17) is 4.74 Å². The number of fused-ring (bicyclic) bond motifs is 1. The molecule has 2 aromatic rings. The van der Waals surface area contributed by atoms with Gasteiger partial charge in [0.05, 0.1) is 18.4 Å². The summed E-state index contributed by atoms with van der Waals surface area (Å²) in [7, 11) is -2.65. The Kier molecular flexibility index (Phi) is 3.69. The van der Waals surface area contributed by atoms with Gasteiger partial charge in [0, 0.05) is 11.4 Å². The van der Waals surface area contributed by atoms with Gasteiger partial charge in [-0.2, -0.15) is 0 Å². The smallest absolute Gasteiger partial charge is 0.262 e. The Labute approximate surface area is 132 Å².